The minimum atomic E-state index is -4.20. The molecule has 0 saturated carbocycles. The summed E-state index contributed by atoms with van der Waals surface area (Å²) in [6, 6.07) is 0. The smallest absolute Gasteiger partial charge is 0.532 e. The normalized spacial score (nSPS) is 8.44. The van der Waals surface area contributed by atoms with Gasteiger partial charge in [-0.1, -0.05) is 101 Å². The maximum Gasteiger partial charge on any atom is 0.532 e. The fourth-order valence-electron chi connectivity index (χ4n) is 2.00. The van der Waals surface area contributed by atoms with Crippen LogP contribution in [0.2, 0.25) is 39.3 Å². The Morgan fingerprint density at radius 1 is 0.280 bits per heavy atom. The van der Waals surface area contributed by atoms with Crippen molar-refractivity contribution in [2.75, 3.05) is 0 Å². The minimum absolute atomic E-state index is 0. The molecule has 0 spiro atoms. The van der Waals surface area contributed by atoms with Gasteiger partial charge < -0.3 is 71.0 Å². The van der Waals surface area contributed by atoms with Crippen LogP contribution in [0, 0.1) is 0 Å². The van der Waals surface area contributed by atoms with Gasteiger partial charge in [-0.3, -0.25) is 0 Å². The first-order chi connectivity index (χ1) is 17.4. The molecule has 0 radical (unpaired) electrons. The van der Waals surface area contributed by atoms with E-state index in [1.54, 1.807) is 19.6 Å². The van der Waals surface area contributed by atoms with Crippen LogP contribution in [0.1, 0.15) is 81.7 Å². The molecule has 0 aliphatic rings. The van der Waals surface area contributed by atoms with Gasteiger partial charge in [0.1, 0.15) is 7.59 Å². The van der Waals surface area contributed by atoms with E-state index >= 15 is 0 Å². The molecule has 0 aliphatic heterocycles. The molecule has 0 atom stereocenters. The third kappa shape index (κ3) is 24.0. The lowest BCUT2D eigenvalue weighted by atomic mass is 11.8. The monoisotopic (exact) mass is 998 g/mol. The summed E-state index contributed by atoms with van der Waals surface area (Å²) >= 11 is 0. The molecule has 0 unspecified atom stereocenters. The highest BCUT2D eigenvalue weighted by Crippen LogP contribution is 2.02. The Labute approximate surface area is 322 Å². The summed E-state index contributed by atoms with van der Waals surface area (Å²) in [4.78, 5) is 0. The summed E-state index contributed by atoms with van der Waals surface area (Å²) in [5.41, 5.74) is 0. The second-order valence-electron chi connectivity index (χ2n) is 9.36. The van der Waals surface area contributed by atoms with Crippen molar-refractivity contribution in [1.29, 1.82) is 0 Å². The van der Waals surface area contributed by atoms with Crippen LogP contribution in [0.3, 0.4) is 0 Å². The van der Waals surface area contributed by atoms with Crippen molar-refractivity contribution in [3.63, 3.8) is 0 Å². The highest BCUT2D eigenvalue weighted by molar-refractivity contribution is 7.81. The van der Waals surface area contributed by atoms with E-state index in [-0.39, 0.29) is 81.7 Å². The first-order valence-corrected chi connectivity index (χ1v) is 53.2. The van der Waals surface area contributed by atoms with Crippen molar-refractivity contribution in [3.8, 4) is 0 Å². The van der Waals surface area contributed by atoms with Crippen molar-refractivity contribution in [2.45, 2.75) is 121 Å². The Balaban J connectivity index is -0.000000131. The lowest BCUT2D eigenvalue weighted by molar-refractivity contribution is 0.462. The molecule has 16 nitrogen and oxygen atoms in total. The van der Waals surface area contributed by atoms with Crippen LogP contribution in [-0.2, 0) is 71.0 Å². The van der Waals surface area contributed by atoms with Crippen LogP contribution in [0.15, 0.2) is 0 Å². The predicted molar refractivity (Wildman–Crippen MR) is 218 cm³/mol. The van der Waals surface area contributed by atoms with Gasteiger partial charge in [-0.05, 0) is 19.6 Å². The zero-order chi connectivity index (χ0) is 31.4. The molecule has 0 bridgehead atoms. The molecule has 0 aromatic carbocycles. The van der Waals surface area contributed by atoms with Crippen molar-refractivity contribution >= 4 is 132 Å². The van der Waals surface area contributed by atoms with E-state index < -0.39 is 132 Å². The van der Waals surface area contributed by atoms with Crippen LogP contribution in [0.25, 0.3) is 0 Å². The van der Waals surface area contributed by atoms with E-state index in [1.807, 2.05) is 0 Å². The lowest BCUT2D eigenvalue weighted by Gasteiger charge is -2.16. The van der Waals surface area contributed by atoms with E-state index in [0.29, 0.717) is 0 Å². The maximum absolute atomic E-state index is 12.4. The van der Waals surface area contributed by atoms with Crippen molar-refractivity contribution in [3.05, 3.63) is 0 Å². The summed E-state index contributed by atoms with van der Waals surface area (Å²) in [7, 11) is -63.3. The van der Waals surface area contributed by atoms with Gasteiger partial charge in [0.05, 0.1) is 0 Å². The topological polar surface area (TPSA) is 265 Å². The van der Waals surface area contributed by atoms with E-state index in [1.165, 1.54) is 19.6 Å². The third-order valence-electron chi connectivity index (χ3n) is 3.95. The Morgan fingerprint density at radius 3 is 0.600 bits per heavy atom. The van der Waals surface area contributed by atoms with Crippen LogP contribution in [-0.4, -0.2) is 132 Å². The Kier molecular flexibility index (Phi) is 56.8. The fourth-order valence-corrected chi connectivity index (χ4v) is 180. The van der Waals surface area contributed by atoms with Gasteiger partial charge in [0.2, 0.25) is 8.32 Å². The summed E-state index contributed by atoms with van der Waals surface area (Å²) in [5, 5.41) is 0. The van der Waals surface area contributed by atoms with Gasteiger partial charge in [-0.2, -0.15) is 0 Å². The van der Waals surface area contributed by atoms with Gasteiger partial charge in [0, 0.05) is 0 Å². The second-order valence-corrected chi connectivity index (χ2v) is 93.6. The largest absolute Gasteiger partial charge is 0.578 e. The Morgan fingerprint density at radius 2 is 0.440 bits per heavy atom. The van der Waals surface area contributed by atoms with Crippen LogP contribution < -0.4 is 0 Å². The maximum atomic E-state index is 12.4. The van der Waals surface area contributed by atoms with Gasteiger partial charge in [-0.15, -0.1) is 0 Å². The summed E-state index contributed by atoms with van der Waals surface area (Å²) in [6.07, 6.45) is 0. The fraction of sp³-hybridized carbons (Fsp3) is 1.00. The summed E-state index contributed by atoms with van der Waals surface area (Å²) in [6.45, 7) is 9.30. The highest BCUT2D eigenvalue weighted by atomic mass is 30.1. The van der Waals surface area contributed by atoms with Crippen molar-refractivity contribution in [1.82, 2.24) is 0 Å². The summed E-state index contributed by atoms with van der Waals surface area (Å²) in [5.74, 6) is 0. The number of hydrogen-bond acceptors (Lipinski definition) is 16. The first kappa shape index (κ1) is 83.5. The molecule has 0 aromatic rings. The molecular formula is C17H62O16Si17. The minimum Gasteiger partial charge on any atom is -0.578 e. The Bertz CT molecular complexity index is 1380. The van der Waals surface area contributed by atoms with Crippen LogP contribution in [0.4, 0.5) is 0 Å². The molecule has 50 heavy (non-hydrogen) atoms. The SMILES string of the molecule is C.C.C.C.C.C.C.C.C.C.C.C[Si](C)(C)O[Si](=O)[Si](=O)[Si](=O)[Si](=O)[Si](=O)[Si](=O)[Si](=O)[Si](=O)[Si](=O)[Si](=O)[Si](=O)[Si](=O)[Si](=O)[Si](=O)[Si](=O)[Si](C)(C)C. The van der Waals surface area contributed by atoms with E-state index in [2.05, 4.69) is 0 Å². The molecule has 294 valence electrons. The highest BCUT2D eigenvalue weighted by Gasteiger charge is 2.55. The molecule has 0 saturated heterocycles. The molecule has 0 N–H and O–H groups in total. The molecular weight excluding hydrogens is 938 g/mol. The zero-order valence-corrected chi connectivity index (χ0v) is 38.0. The average Bonchev–Trinajstić information content (AvgIpc) is 2.84. The quantitative estimate of drug-likeness (QED) is 0.189. The molecule has 0 aromatic heterocycles. The Hall–Kier alpha value is 0.487. The lowest BCUT2D eigenvalue weighted by Crippen LogP contribution is -2.57. The molecule has 0 heterocycles. The molecule has 0 fully saturated rings. The summed E-state index contributed by atoms with van der Waals surface area (Å²) < 4.78 is 190. The van der Waals surface area contributed by atoms with Gasteiger partial charge in [0.15, 0.2) is 0 Å². The van der Waals surface area contributed by atoms with Crippen molar-refractivity contribution < 1.29 is 71.0 Å². The second kappa shape index (κ2) is 34.0. The average molecular weight is 1000 g/mol. The van der Waals surface area contributed by atoms with Gasteiger partial charge in [0.25, 0.3) is 0 Å². The molecule has 33 heteroatoms. The number of rotatable bonds is 17. The zero-order valence-electron chi connectivity index (χ0n) is 21.0. The van der Waals surface area contributed by atoms with Gasteiger partial charge >= 0.3 is 116 Å². The first-order valence-electron chi connectivity index (χ1n) is 10.2. The standard InChI is InChI=1S/C6H18O16Si17.11CH4/c1-38(2,3)22-23(7)24(8)25(9)26(10)27(11)28(12)29(13)30(14)31(15)32(16)33(17)34(18)35(19)36(20)37(21)39(4,5)6;;;;;;;;;;;/h1-6H3;11*1H4. The van der Waals surface area contributed by atoms with E-state index in [4.69, 9.17) is 4.12 Å². The molecule has 0 amide bonds. The molecule has 0 aliphatic carbocycles. The van der Waals surface area contributed by atoms with Crippen LogP contribution >= 0.6 is 0 Å². The van der Waals surface area contributed by atoms with Gasteiger partial charge in [-0.25, -0.2) is 0 Å². The third-order valence-corrected chi connectivity index (χ3v) is 127. The van der Waals surface area contributed by atoms with E-state index in [0.717, 1.165) is 0 Å². The van der Waals surface area contributed by atoms with Crippen LogP contribution in [0.5, 0.6) is 0 Å². The molecule has 0 rings (SSSR count). The predicted octanol–water partition coefficient (Wildman–Crippen LogP) is 2.18. The number of hydrogen-bond donors (Lipinski definition) is 0. The van der Waals surface area contributed by atoms with Crippen molar-refractivity contribution in [2.24, 2.45) is 0 Å². The van der Waals surface area contributed by atoms with E-state index in [9.17, 15) is 66.9 Å².